The predicted molar refractivity (Wildman–Crippen MR) is 91.0 cm³/mol. The van der Waals surface area contributed by atoms with Crippen molar-refractivity contribution >= 4 is 41.0 Å². The van der Waals surface area contributed by atoms with Crippen LogP contribution in [0.1, 0.15) is 23.4 Å². The lowest BCUT2D eigenvalue weighted by molar-refractivity contribution is -0.144. The van der Waals surface area contributed by atoms with Crippen molar-refractivity contribution in [1.82, 2.24) is 4.57 Å². The molecular weight excluding hydrogens is 348 g/mol. The van der Waals surface area contributed by atoms with Gasteiger partial charge in [0, 0.05) is 5.22 Å². The molecule has 0 radical (unpaired) electrons. The Hall–Kier alpha value is -2.32. The van der Waals surface area contributed by atoms with E-state index in [4.69, 9.17) is 17.0 Å². The van der Waals surface area contributed by atoms with Gasteiger partial charge < -0.3 is 9.84 Å². The molecule has 1 amide bonds. The van der Waals surface area contributed by atoms with Crippen LogP contribution < -0.4 is 10.6 Å². The van der Waals surface area contributed by atoms with Crippen LogP contribution in [0.25, 0.3) is 5.57 Å². The summed E-state index contributed by atoms with van der Waals surface area (Å²) in [5.41, 5.74) is 1.18. The summed E-state index contributed by atoms with van der Waals surface area (Å²) in [5.74, 6) is -1.19. The summed E-state index contributed by atoms with van der Waals surface area (Å²) in [4.78, 5) is 28.5. The fourth-order valence-corrected chi connectivity index (χ4v) is 4.16. The summed E-state index contributed by atoms with van der Waals surface area (Å²) in [6.07, 6.45) is 0. The molecule has 0 aliphatic carbocycles. The molecule has 0 unspecified atom stereocenters. The molecule has 0 spiro atoms. The number of benzene rings is 1. The number of ether oxygens (including phenoxy) is 1. The van der Waals surface area contributed by atoms with E-state index in [2.05, 4.69) is 4.99 Å². The highest BCUT2D eigenvalue weighted by atomic mass is 32.1. The summed E-state index contributed by atoms with van der Waals surface area (Å²) in [5, 5.41) is 11.8. The van der Waals surface area contributed by atoms with Crippen LogP contribution >= 0.6 is 23.6 Å². The quantitative estimate of drug-likeness (QED) is 0.659. The van der Waals surface area contributed by atoms with E-state index in [0.29, 0.717) is 21.0 Å². The zero-order valence-corrected chi connectivity index (χ0v) is 14.8. The van der Waals surface area contributed by atoms with E-state index < -0.39 is 17.9 Å². The normalized spacial score (nSPS) is 14.3. The topological polar surface area (TPSA) is 80.9 Å². The first-order valence-electron chi connectivity index (χ1n) is 7.12. The second-order valence-electron chi connectivity index (χ2n) is 5.35. The Labute approximate surface area is 146 Å². The van der Waals surface area contributed by atoms with Crippen LogP contribution in [-0.4, -0.2) is 28.7 Å². The Balaban J connectivity index is 2.29. The molecule has 0 saturated heterocycles. The van der Waals surface area contributed by atoms with Gasteiger partial charge >= 0.3 is 5.97 Å². The molecule has 6 nitrogen and oxygen atoms in total. The number of esters is 1. The first-order valence-corrected chi connectivity index (χ1v) is 8.34. The standard InChI is InChI=1S/C16H14N2O4S2/c1-7-5-4-6-9-10(13(19)17-11(7)9)12-14(20)18(16(23)24-12)8(2)15(21)22-3/h4-6,8,20H,1-3H3/t8-/m0/s1. The monoisotopic (exact) mass is 362 g/mol. The van der Waals surface area contributed by atoms with Crippen LogP contribution in [-0.2, 0) is 14.3 Å². The van der Waals surface area contributed by atoms with Gasteiger partial charge in [-0.25, -0.2) is 9.79 Å². The summed E-state index contributed by atoms with van der Waals surface area (Å²) in [6, 6.07) is 4.68. The average Bonchev–Trinajstić information content (AvgIpc) is 3.03. The third kappa shape index (κ3) is 2.38. The highest BCUT2D eigenvalue weighted by Crippen LogP contribution is 2.35. The van der Waals surface area contributed by atoms with Crippen LogP contribution in [0.15, 0.2) is 23.2 Å². The van der Waals surface area contributed by atoms with Gasteiger partial charge in [-0.2, -0.15) is 0 Å². The van der Waals surface area contributed by atoms with Crippen LogP contribution in [0.3, 0.4) is 0 Å². The third-order valence-corrected chi connectivity index (χ3v) is 5.32. The Kier molecular flexibility index (Phi) is 4.10. The summed E-state index contributed by atoms with van der Waals surface area (Å²) in [6.45, 7) is 3.44. The van der Waals surface area contributed by atoms with Gasteiger partial charge in [0.05, 0.1) is 18.0 Å². The van der Waals surface area contributed by atoms with Crippen molar-refractivity contribution in [2.45, 2.75) is 19.9 Å². The lowest BCUT2D eigenvalue weighted by atomic mass is 10.1. The minimum Gasteiger partial charge on any atom is -0.493 e. The number of fused-ring (bicyclic) bond motifs is 1. The number of aromatic hydroxyl groups is 1. The maximum absolute atomic E-state index is 12.4. The van der Waals surface area contributed by atoms with E-state index in [1.165, 1.54) is 11.7 Å². The highest BCUT2D eigenvalue weighted by Gasteiger charge is 2.28. The lowest BCUT2D eigenvalue weighted by Gasteiger charge is -2.12. The van der Waals surface area contributed by atoms with Gasteiger partial charge in [0.1, 0.15) is 10.9 Å². The molecule has 0 fully saturated rings. The number of hydrogen-bond acceptors (Lipinski definition) is 6. The number of hydrogen-bond donors (Lipinski definition) is 1. The molecule has 8 heteroatoms. The van der Waals surface area contributed by atoms with Crippen LogP contribution in [0.5, 0.6) is 5.88 Å². The first-order chi connectivity index (χ1) is 11.4. The molecule has 0 bridgehead atoms. The van der Waals surface area contributed by atoms with Crippen molar-refractivity contribution < 1.29 is 19.4 Å². The minimum atomic E-state index is -0.793. The van der Waals surface area contributed by atoms with Crippen molar-refractivity contribution in [3.8, 4) is 5.88 Å². The van der Waals surface area contributed by atoms with E-state index in [0.717, 1.165) is 16.9 Å². The number of carbonyl (C=O) groups is 2. The van der Waals surface area contributed by atoms with Gasteiger partial charge in [-0.1, -0.05) is 18.2 Å². The molecule has 2 heterocycles. The van der Waals surface area contributed by atoms with Crippen molar-refractivity contribution in [1.29, 1.82) is 0 Å². The number of amides is 1. The molecular formula is C16H14N2O4S2. The van der Waals surface area contributed by atoms with Crippen molar-refractivity contribution in [2.75, 3.05) is 7.11 Å². The zero-order valence-electron chi connectivity index (χ0n) is 13.2. The SMILES string of the molecule is COC(=O)[C@H](C)n1c(O)c(C2=c3cccc(C)c3=NC2=O)sc1=S. The zero-order chi connectivity index (χ0) is 17.6. The summed E-state index contributed by atoms with van der Waals surface area (Å²) < 4.78 is 6.27. The van der Waals surface area contributed by atoms with Crippen LogP contribution in [0.4, 0.5) is 0 Å². The summed E-state index contributed by atoms with van der Waals surface area (Å²) >= 11 is 6.33. The molecule has 3 rings (SSSR count). The molecule has 1 aromatic heterocycles. The minimum absolute atomic E-state index is 0.226. The number of nitrogens with zero attached hydrogens (tertiary/aromatic N) is 2. The predicted octanol–water partition coefficient (Wildman–Crippen LogP) is 1.39. The maximum Gasteiger partial charge on any atom is 0.328 e. The van der Waals surface area contributed by atoms with Crippen molar-refractivity contribution in [3.05, 3.63) is 43.2 Å². The van der Waals surface area contributed by atoms with Gasteiger partial charge in [-0.15, -0.1) is 11.3 Å². The maximum atomic E-state index is 12.4. The first kappa shape index (κ1) is 16.5. The molecule has 24 heavy (non-hydrogen) atoms. The molecule has 0 saturated carbocycles. The van der Waals surface area contributed by atoms with Gasteiger partial charge in [0.2, 0.25) is 5.88 Å². The van der Waals surface area contributed by atoms with E-state index in [9.17, 15) is 14.7 Å². The number of thiazole rings is 1. The second kappa shape index (κ2) is 5.95. The molecule has 1 N–H and O–H groups in total. The number of methoxy groups -OCH3 is 1. The Morgan fingerprint density at radius 3 is 2.83 bits per heavy atom. The Bertz CT molecular complexity index is 1050. The molecule has 1 aliphatic heterocycles. The number of aromatic nitrogens is 1. The van der Waals surface area contributed by atoms with Gasteiger partial charge in [0.15, 0.2) is 3.95 Å². The van der Waals surface area contributed by atoms with Crippen LogP contribution in [0.2, 0.25) is 0 Å². The fraction of sp³-hybridized carbons (Fsp3) is 0.250. The summed E-state index contributed by atoms with van der Waals surface area (Å²) in [7, 11) is 1.26. The van der Waals surface area contributed by atoms with Crippen LogP contribution in [0, 0.1) is 10.9 Å². The molecule has 1 aromatic carbocycles. The molecule has 2 aromatic rings. The number of para-hydroxylation sites is 1. The average molecular weight is 362 g/mol. The fourth-order valence-electron chi connectivity index (χ4n) is 2.66. The second-order valence-corrected chi connectivity index (χ2v) is 7.00. The Morgan fingerprint density at radius 1 is 1.46 bits per heavy atom. The van der Waals surface area contributed by atoms with E-state index in [1.807, 2.05) is 19.1 Å². The number of aryl methyl sites for hydroxylation is 1. The molecule has 1 aliphatic rings. The van der Waals surface area contributed by atoms with E-state index in [1.54, 1.807) is 13.0 Å². The van der Waals surface area contributed by atoms with Gasteiger partial charge in [0.25, 0.3) is 5.91 Å². The number of carbonyl (C=O) groups excluding carboxylic acids is 2. The van der Waals surface area contributed by atoms with E-state index in [-0.39, 0.29) is 9.83 Å². The lowest BCUT2D eigenvalue weighted by Crippen LogP contribution is -2.25. The highest BCUT2D eigenvalue weighted by molar-refractivity contribution is 7.73. The number of rotatable bonds is 3. The van der Waals surface area contributed by atoms with E-state index >= 15 is 0 Å². The Morgan fingerprint density at radius 2 is 2.17 bits per heavy atom. The van der Waals surface area contributed by atoms with Gasteiger partial charge in [-0.05, 0) is 31.6 Å². The van der Waals surface area contributed by atoms with Gasteiger partial charge in [-0.3, -0.25) is 9.36 Å². The third-order valence-electron chi connectivity index (χ3n) is 3.91. The molecule has 1 atom stereocenters. The molecule has 124 valence electrons. The largest absolute Gasteiger partial charge is 0.493 e. The van der Waals surface area contributed by atoms with Crippen molar-refractivity contribution in [2.24, 2.45) is 4.99 Å². The van der Waals surface area contributed by atoms with Crippen molar-refractivity contribution in [3.63, 3.8) is 0 Å². The smallest absolute Gasteiger partial charge is 0.328 e.